The molecule has 7 heteroatoms. The molecule has 7 nitrogen and oxygen atoms in total. The molecule has 0 unspecified atom stereocenters. The van der Waals surface area contributed by atoms with Gasteiger partial charge in [0, 0.05) is 13.6 Å². The molecule has 5 rings (SSSR count). The van der Waals surface area contributed by atoms with Gasteiger partial charge in [-0.25, -0.2) is 15.0 Å². The van der Waals surface area contributed by atoms with Gasteiger partial charge in [-0.1, -0.05) is 55.8 Å². The zero-order valence-corrected chi connectivity index (χ0v) is 22.3. The van der Waals surface area contributed by atoms with Crippen LogP contribution >= 0.6 is 0 Å². The first kappa shape index (κ1) is 25.7. The highest BCUT2D eigenvalue weighted by Crippen LogP contribution is 2.28. The van der Waals surface area contributed by atoms with Crippen molar-refractivity contribution in [3.05, 3.63) is 103 Å². The average molecular weight is 516 g/mol. The Morgan fingerprint density at radius 3 is 1.51 bits per heavy atom. The number of aromatic nitrogens is 3. The van der Waals surface area contributed by atoms with E-state index >= 15 is 0 Å². The van der Waals surface area contributed by atoms with E-state index in [2.05, 4.69) is 40.3 Å². The smallest absolute Gasteiger partial charge is 0.131 e. The molecule has 0 spiro atoms. The number of hydrogen-bond donors (Lipinski definition) is 4. The summed E-state index contributed by atoms with van der Waals surface area (Å²) in [5, 5.41) is 13.6. The van der Waals surface area contributed by atoms with Gasteiger partial charge in [0.15, 0.2) is 0 Å². The lowest BCUT2D eigenvalue weighted by Gasteiger charge is -2.14. The van der Waals surface area contributed by atoms with Crippen LogP contribution in [0.15, 0.2) is 103 Å². The fraction of sp³-hybridized carbons (Fsp3) is 0.156. The summed E-state index contributed by atoms with van der Waals surface area (Å²) in [6, 6.07) is 34.0. The monoisotopic (exact) mass is 515 g/mol. The Balaban J connectivity index is 1.36. The summed E-state index contributed by atoms with van der Waals surface area (Å²) < 4.78 is 0. The second-order valence-corrected chi connectivity index (χ2v) is 9.10. The number of rotatable bonds is 11. The third-order valence-corrected chi connectivity index (χ3v) is 6.27. The Labute approximate surface area is 229 Å². The van der Waals surface area contributed by atoms with Crippen molar-refractivity contribution in [3.63, 3.8) is 0 Å². The van der Waals surface area contributed by atoms with Crippen LogP contribution in [0.3, 0.4) is 0 Å². The lowest BCUT2D eigenvalue weighted by molar-refractivity contribution is 0.834. The highest BCUT2D eigenvalue weighted by molar-refractivity contribution is 5.75. The van der Waals surface area contributed by atoms with Crippen molar-refractivity contribution in [1.29, 1.82) is 0 Å². The molecule has 39 heavy (non-hydrogen) atoms. The summed E-state index contributed by atoms with van der Waals surface area (Å²) in [6.45, 7) is 3.13. The first-order valence-corrected chi connectivity index (χ1v) is 13.3. The molecule has 2 aromatic carbocycles. The van der Waals surface area contributed by atoms with Crippen molar-refractivity contribution in [2.45, 2.75) is 19.8 Å². The van der Waals surface area contributed by atoms with Gasteiger partial charge in [-0.2, -0.15) is 0 Å². The average Bonchev–Trinajstić information content (AvgIpc) is 2.99. The van der Waals surface area contributed by atoms with Crippen LogP contribution < -0.4 is 21.3 Å². The van der Waals surface area contributed by atoms with Crippen LogP contribution in [0.2, 0.25) is 0 Å². The number of para-hydroxylation sites is 4. The maximum Gasteiger partial charge on any atom is 0.131 e. The van der Waals surface area contributed by atoms with E-state index in [4.69, 9.17) is 15.0 Å². The molecule has 0 aliphatic heterocycles. The topological polar surface area (TPSA) is 86.8 Å². The number of unbranched alkanes of at least 4 members (excludes halogenated alkanes) is 1. The van der Waals surface area contributed by atoms with Gasteiger partial charge in [-0.05, 0) is 67.1 Å². The minimum absolute atomic E-state index is 0.748. The molecule has 0 fully saturated rings. The maximum absolute atomic E-state index is 4.91. The van der Waals surface area contributed by atoms with E-state index < -0.39 is 0 Å². The summed E-state index contributed by atoms with van der Waals surface area (Å²) in [5.41, 5.74) is 7.16. The van der Waals surface area contributed by atoms with E-state index in [1.165, 1.54) is 0 Å². The summed E-state index contributed by atoms with van der Waals surface area (Å²) >= 11 is 0. The molecule has 3 heterocycles. The Kier molecular flexibility index (Phi) is 8.28. The van der Waals surface area contributed by atoms with Crippen molar-refractivity contribution < 1.29 is 0 Å². The first-order valence-electron chi connectivity index (χ1n) is 13.3. The van der Waals surface area contributed by atoms with Crippen LogP contribution in [0, 0.1) is 0 Å². The van der Waals surface area contributed by atoms with Gasteiger partial charge in [0.1, 0.15) is 11.6 Å². The summed E-state index contributed by atoms with van der Waals surface area (Å²) in [5.74, 6) is 1.51. The van der Waals surface area contributed by atoms with Crippen LogP contribution in [0.1, 0.15) is 19.8 Å². The number of pyridine rings is 3. The quantitative estimate of drug-likeness (QED) is 0.133. The third kappa shape index (κ3) is 6.51. The Morgan fingerprint density at radius 2 is 0.974 bits per heavy atom. The largest absolute Gasteiger partial charge is 0.386 e. The molecule has 0 amide bonds. The van der Waals surface area contributed by atoms with E-state index in [0.717, 1.165) is 76.5 Å². The molecule has 0 saturated carbocycles. The van der Waals surface area contributed by atoms with E-state index in [-0.39, 0.29) is 0 Å². The van der Waals surface area contributed by atoms with Crippen LogP contribution in [-0.4, -0.2) is 28.5 Å². The van der Waals surface area contributed by atoms with E-state index in [1.54, 1.807) is 0 Å². The fourth-order valence-corrected chi connectivity index (χ4v) is 4.25. The van der Waals surface area contributed by atoms with Crippen molar-refractivity contribution in [2.75, 3.05) is 34.9 Å². The lowest BCUT2D eigenvalue weighted by Crippen LogP contribution is -2.04. The standard InChI is InChI=1S/C32H33N7/c1-3-4-22-34-24-13-6-8-15-26(24)37-32-21-11-19-30(39-32)28-17-9-16-27(35-28)29-18-10-20-31(38-29)36-25-14-7-5-12-23(25)33-2/h5-21,33-34H,3-4,22H2,1-2H3,(H,36,38)(H,37,39). The van der Waals surface area contributed by atoms with Crippen LogP contribution in [-0.2, 0) is 0 Å². The number of benzene rings is 2. The van der Waals surface area contributed by atoms with Crippen molar-refractivity contribution in [3.8, 4) is 22.8 Å². The number of nitrogens with one attached hydrogen (secondary N) is 4. The molecule has 4 N–H and O–H groups in total. The molecule has 5 aromatic rings. The van der Waals surface area contributed by atoms with Gasteiger partial charge >= 0.3 is 0 Å². The maximum atomic E-state index is 4.91. The summed E-state index contributed by atoms with van der Waals surface area (Å²) in [7, 11) is 1.90. The molecule has 0 atom stereocenters. The molecule has 0 aliphatic rings. The normalized spacial score (nSPS) is 10.6. The summed E-state index contributed by atoms with van der Waals surface area (Å²) in [4.78, 5) is 14.6. The molecule has 0 bridgehead atoms. The van der Waals surface area contributed by atoms with Gasteiger partial charge < -0.3 is 21.3 Å². The van der Waals surface area contributed by atoms with E-state index in [0.29, 0.717) is 0 Å². The molecule has 0 radical (unpaired) electrons. The Morgan fingerprint density at radius 1 is 0.513 bits per heavy atom. The molecule has 3 aromatic heterocycles. The van der Waals surface area contributed by atoms with E-state index in [1.807, 2.05) is 98.0 Å². The minimum Gasteiger partial charge on any atom is -0.386 e. The first-order chi connectivity index (χ1) is 19.2. The third-order valence-electron chi connectivity index (χ3n) is 6.27. The predicted octanol–water partition coefficient (Wildman–Crippen LogP) is 7.95. The van der Waals surface area contributed by atoms with Gasteiger partial charge in [-0.3, -0.25) is 0 Å². The SMILES string of the molecule is CCCCNc1ccccc1Nc1cccc(-c2cccc(-c3cccc(Nc4ccccc4NC)n3)n2)n1. The molecular formula is C32H33N7. The zero-order chi connectivity index (χ0) is 26.9. The fourth-order valence-electron chi connectivity index (χ4n) is 4.25. The zero-order valence-electron chi connectivity index (χ0n) is 22.3. The van der Waals surface area contributed by atoms with Gasteiger partial charge in [-0.15, -0.1) is 0 Å². The lowest BCUT2D eigenvalue weighted by atomic mass is 10.2. The minimum atomic E-state index is 0.748. The molecule has 0 saturated heterocycles. The Bertz CT molecular complexity index is 1530. The van der Waals surface area contributed by atoms with Gasteiger partial charge in [0.25, 0.3) is 0 Å². The second-order valence-electron chi connectivity index (χ2n) is 9.10. The van der Waals surface area contributed by atoms with Crippen LogP contribution in [0.5, 0.6) is 0 Å². The molecule has 196 valence electrons. The predicted molar refractivity (Wildman–Crippen MR) is 163 cm³/mol. The highest BCUT2D eigenvalue weighted by atomic mass is 15.0. The number of anilines is 6. The van der Waals surface area contributed by atoms with E-state index in [9.17, 15) is 0 Å². The number of nitrogens with zero attached hydrogens (tertiary/aromatic N) is 3. The van der Waals surface area contributed by atoms with Gasteiger partial charge in [0.05, 0.1) is 45.5 Å². The highest BCUT2D eigenvalue weighted by Gasteiger charge is 2.09. The molecular weight excluding hydrogens is 482 g/mol. The summed E-state index contributed by atoms with van der Waals surface area (Å²) in [6.07, 6.45) is 2.28. The van der Waals surface area contributed by atoms with Crippen molar-refractivity contribution in [2.24, 2.45) is 0 Å². The number of hydrogen-bond acceptors (Lipinski definition) is 7. The van der Waals surface area contributed by atoms with Crippen molar-refractivity contribution in [1.82, 2.24) is 15.0 Å². The van der Waals surface area contributed by atoms with Crippen molar-refractivity contribution >= 4 is 34.4 Å². The van der Waals surface area contributed by atoms with Gasteiger partial charge in [0.2, 0.25) is 0 Å². The van der Waals surface area contributed by atoms with Crippen LogP contribution in [0.4, 0.5) is 34.4 Å². The Hall–Kier alpha value is -4.91. The second kappa shape index (κ2) is 12.6. The van der Waals surface area contributed by atoms with Crippen LogP contribution in [0.25, 0.3) is 22.8 Å². The molecule has 0 aliphatic carbocycles.